The summed E-state index contributed by atoms with van der Waals surface area (Å²) < 4.78 is 20.5. The monoisotopic (exact) mass is 510 g/mol. The van der Waals surface area contributed by atoms with E-state index in [1.54, 1.807) is 23.0 Å². The highest BCUT2D eigenvalue weighted by molar-refractivity contribution is 6.01. The van der Waals surface area contributed by atoms with Gasteiger partial charge in [-0.05, 0) is 66.8 Å². The van der Waals surface area contributed by atoms with Crippen LogP contribution in [0.25, 0.3) is 16.6 Å². The molecule has 3 fully saturated rings. The van der Waals surface area contributed by atoms with Crippen molar-refractivity contribution >= 4 is 28.4 Å². The van der Waals surface area contributed by atoms with Gasteiger partial charge < -0.3 is 10.1 Å². The molecule has 1 unspecified atom stereocenters. The minimum Gasteiger partial charge on any atom is -0.380 e. The maximum Gasteiger partial charge on any atom is 0.230 e. The number of rotatable bonds is 6. The molecule has 2 atom stereocenters. The summed E-state index contributed by atoms with van der Waals surface area (Å²) >= 11 is 0. The van der Waals surface area contributed by atoms with Crippen molar-refractivity contribution in [2.45, 2.75) is 30.8 Å². The normalized spacial score (nSPS) is 23.6. The van der Waals surface area contributed by atoms with Crippen LogP contribution in [0.15, 0.2) is 79.0 Å². The second-order valence-electron chi connectivity index (χ2n) is 10.5. The number of hydrogen-bond donors (Lipinski definition) is 1. The van der Waals surface area contributed by atoms with Crippen LogP contribution in [-0.2, 0) is 19.9 Å². The second-order valence-corrected chi connectivity index (χ2v) is 10.5. The van der Waals surface area contributed by atoms with Crippen molar-refractivity contribution in [1.29, 1.82) is 0 Å². The Bertz CT molecular complexity index is 1530. The van der Waals surface area contributed by atoms with Gasteiger partial charge in [0.25, 0.3) is 0 Å². The van der Waals surface area contributed by atoms with Gasteiger partial charge in [0, 0.05) is 11.1 Å². The fourth-order valence-corrected chi connectivity index (χ4v) is 6.19. The SMILES string of the molecule is O=C(N[C@@H]1CC(=O)N(c2ccc3c(cnn3-c3ccc(F)cc3)c2)C1(c1ccccc1)C1CC1)C1COC1. The number of hydrogen-bond acceptors (Lipinski definition) is 4. The lowest BCUT2D eigenvalue weighted by Gasteiger charge is -2.44. The van der Waals surface area contributed by atoms with Crippen molar-refractivity contribution in [3.63, 3.8) is 0 Å². The maximum absolute atomic E-state index is 13.8. The first-order chi connectivity index (χ1) is 18.6. The highest BCUT2D eigenvalue weighted by Crippen LogP contribution is 2.56. The van der Waals surface area contributed by atoms with Crippen LogP contribution in [-0.4, -0.2) is 40.9 Å². The number of aromatic nitrogens is 2. The Balaban J connectivity index is 1.33. The van der Waals surface area contributed by atoms with Crippen molar-refractivity contribution in [2.24, 2.45) is 11.8 Å². The number of nitrogens with one attached hydrogen (secondary N) is 1. The number of halogens is 1. The van der Waals surface area contributed by atoms with Crippen molar-refractivity contribution in [3.05, 3.63) is 90.4 Å². The van der Waals surface area contributed by atoms with Gasteiger partial charge in [-0.3, -0.25) is 14.5 Å². The summed E-state index contributed by atoms with van der Waals surface area (Å²) in [6.45, 7) is 0.847. The van der Waals surface area contributed by atoms with Gasteiger partial charge in [0.05, 0.1) is 54.5 Å². The third-order valence-electron chi connectivity index (χ3n) is 8.17. The first-order valence-corrected chi connectivity index (χ1v) is 13.1. The molecule has 4 aromatic rings. The minimum absolute atomic E-state index is 0.0128. The van der Waals surface area contributed by atoms with Crippen molar-refractivity contribution in [1.82, 2.24) is 15.1 Å². The van der Waals surface area contributed by atoms with Crippen molar-refractivity contribution in [2.75, 3.05) is 18.1 Å². The average Bonchev–Trinajstić information content (AvgIpc) is 3.59. The molecule has 2 saturated heterocycles. The van der Waals surface area contributed by atoms with E-state index in [1.807, 2.05) is 41.3 Å². The summed E-state index contributed by atoms with van der Waals surface area (Å²) in [4.78, 5) is 28.8. The summed E-state index contributed by atoms with van der Waals surface area (Å²) in [7, 11) is 0. The highest BCUT2D eigenvalue weighted by atomic mass is 19.1. The summed E-state index contributed by atoms with van der Waals surface area (Å²) in [5, 5.41) is 8.67. The smallest absolute Gasteiger partial charge is 0.230 e. The van der Waals surface area contributed by atoms with E-state index >= 15 is 0 Å². The summed E-state index contributed by atoms with van der Waals surface area (Å²) in [6.07, 6.45) is 3.97. The van der Waals surface area contributed by atoms with Crippen LogP contribution >= 0.6 is 0 Å². The van der Waals surface area contributed by atoms with E-state index in [9.17, 15) is 14.0 Å². The lowest BCUT2D eigenvalue weighted by atomic mass is 9.78. The molecule has 2 aliphatic heterocycles. The van der Waals surface area contributed by atoms with Crippen molar-refractivity contribution in [3.8, 4) is 5.69 Å². The van der Waals surface area contributed by atoms with Crippen molar-refractivity contribution < 1.29 is 18.7 Å². The van der Waals surface area contributed by atoms with Gasteiger partial charge in [-0.15, -0.1) is 0 Å². The lowest BCUT2D eigenvalue weighted by molar-refractivity contribution is -0.140. The van der Waals surface area contributed by atoms with Crippen LogP contribution in [0.4, 0.5) is 10.1 Å². The predicted molar refractivity (Wildman–Crippen MR) is 140 cm³/mol. The molecule has 1 saturated carbocycles. The predicted octanol–water partition coefficient (Wildman–Crippen LogP) is 4.34. The molecule has 1 N–H and O–H groups in total. The van der Waals surface area contributed by atoms with Crippen LogP contribution in [0.2, 0.25) is 0 Å². The minimum atomic E-state index is -0.681. The van der Waals surface area contributed by atoms with Gasteiger partial charge in [0.2, 0.25) is 11.8 Å². The third kappa shape index (κ3) is 3.55. The fraction of sp³-hybridized carbons (Fsp3) is 0.300. The zero-order valence-corrected chi connectivity index (χ0v) is 20.7. The molecule has 2 amide bonds. The first kappa shape index (κ1) is 23.1. The van der Waals surface area contributed by atoms with E-state index in [0.29, 0.717) is 13.2 Å². The molecule has 7 nitrogen and oxygen atoms in total. The van der Waals surface area contributed by atoms with Crippen LogP contribution < -0.4 is 10.2 Å². The molecule has 0 bridgehead atoms. The number of fused-ring (bicyclic) bond motifs is 1. The van der Waals surface area contributed by atoms with Crippen LogP contribution in [0, 0.1) is 17.7 Å². The number of amides is 2. The first-order valence-electron chi connectivity index (χ1n) is 13.1. The number of benzene rings is 3. The summed E-state index contributed by atoms with van der Waals surface area (Å²) in [6, 6.07) is 21.8. The zero-order chi connectivity index (χ0) is 25.9. The van der Waals surface area contributed by atoms with Crippen LogP contribution in [0.1, 0.15) is 24.8 Å². The topological polar surface area (TPSA) is 76.5 Å². The Morgan fingerprint density at radius 1 is 1.00 bits per heavy atom. The molecule has 3 aliphatic rings. The quantitative estimate of drug-likeness (QED) is 0.419. The van der Waals surface area contributed by atoms with E-state index in [2.05, 4.69) is 22.5 Å². The van der Waals surface area contributed by atoms with E-state index in [4.69, 9.17) is 4.74 Å². The van der Waals surface area contributed by atoms with Gasteiger partial charge in [0.15, 0.2) is 0 Å². The average molecular weight is 511 g/mol. The molecule has 0 radical (unpaired) electrons. The van der Waals surface area contributed by atoms with E-state index < -0.39 is 5.54 Å². The number of anilines is 1. The molecule has 7 rings (SSSR count). The Hall–Kier alpha value is -4.04. The molecule has 1 aromatic heterocycles. The number of carbonyl (C=O) groups is 2. The van der Waals surface area contributed by atoms with E-state index in [-0.39, 0.29) is 41.9 Å². The largest absolute Gasteiger partial charge is 0.380 e. The van der Waals surface area contributed by atoms with Crippen LogP contribution in [0.5, 0.6) is 0 Å². The second kappa shape index (κ2) is 8.77. The fourth-order valence-electron chi connectivity index (χ4n) is 6.19. The number of nitrogens with zero attached hydrogens (tertiary/aromatic N) is 3. The zero-order valence-electron chi connectivity index (χ0n) is 20.7. The Kier molecular flexibility index (Phi) is 5.33. The number of ether oxygens (including phenoxy) is 1. The summed E-state index contributed by atoms with van der Waals surface area (Å²) in [5.41, 5.74) is 2.75. The highest BCUT2D eigenvalue weighted by Gasteiger charge is 2.62. The Morgan fingerprint density at radius 2 is 1.74 bits per heavy atom. The number of carbonyl (C=O) groups excluding carboxylic acids is 2. The Labute approximate surface area is 219 Å². The molecular weight excluding hydrogens is 483 g/mol. The molecule has 3 heterocycles. The molecular formula is C30H27FN4O3. The molecule has 3 aromatic carbocycles. The third-order valence-corrected chi connectivity index (χ3v) is 8.17. The van der Waals surface area contributed by atoms with Gasteiger partial charge in [-0.25, -0.2) is 9.07 Å². The molecule has 8 heteroatoms. The van der Waals surface area contributed by atoms with Crippen LogP contribution in [0.3, 0.4) is 0 Å². The van der Waals surface area contributed by atoms with E-state index in [1.165, 1.54) is 12.1 Å². The maximum atomic E-state index is 13.8. The molecule has 38 heavy (non-hydrogen) atoms. The standard InChI is InChI=1S/C30H27FN4O3/c31-23-8-10-24(11-9-23)35-26-13-12-25(14-19(26)16-32-35)34-28(36)15-27(33-29(37)20-17-38-18-20)30(34,22-6-7-22)21-4-2-1-3-5-21/h1-5,8-14,16,20,22,27H,6-7,15,17-18H2,(H,33,37)/t27-,30?/m1/s1. The van der Waals surface area contributed by atoms with Gasteiger partial charge in [-0.2, -0.15) is 5.10 Å². The lowest BCUT2D eigenvalue weighted by Crippen LogP contribution is -2.58. The van der Waals surface area contributed by atoms with E-state index in [0.717, 1.165) is 40.7 Å². The molecule has 192 valence electrons. The Morgan fingerprint density at radius 3 is 2.42 bits per heavy atom. The van der Waals surface area contributed by atoms with Gasteiger partial charge >= 0.3 is 0 Å². The molecule has 0 spiro atoms. The van der Waals surface area contributed by atoms with Gasteiger partial charge in [0.1, 0.15) is 5.82 Å². The summed E-state index contributed by atoms with van der Waals surface area (Å²) in [5.74, 6) is -0.296. The molecule has 1 aliphatic carbocycles. The van der Waals surface area contributed by atoms with Gasteiger partial charge in [-0.1, -0.05) is 30.3 Å².